The van der Waals surface area contributed by atoms with Gasteiger partial charge in [0, 0.05) is 23.1 Å². The SMILES string of the molecule is [2H]C([2H])([2H])n1c(=O)n(C2CCC(=O)N(Cc3ccc(OC)cc3)C2=O)c2ccc(C=O)cc21. The normalized spacial score (nSPS) is 18.8. The van der Waals surface area contributed by atoms with Crippen molar-refractivity contribution in [3.05, 3.63) is 64.1 Å². The van der Waals surface area contributed by atoms with Crippen LogP contribution in [-0.4, -0.2) is 39.2 Å². The number of aryl methyl sites for hydroxylation is 1. The number of aromatic nitrogens is 2. The monoisotopic (exact) mass is 410 g/mol. The second-order valence-corrected chi connectivity index (χ2v) is 7.07. The molecular formula is C22H21N3O5. The van der Waals surface area contributed by atoms with Gasteiger partial charge < -0.3 is 4.74 Å². The number of methoxy groups -OCH3 is 1. The second kappa shape index (κ2) is 7.62. The van der Waals surface area contributed by atoms with Crippen LogP contribution in [-0.2, 0) is 23.1 Å². The Kier molecular flexibility index (Phi) is 4.11. The predicted molar refractivity (Wildman–Crippen MR) is 109 cm³/mol. The number of amides is 2. The standard InChI is InChI=1S/C22H21N3O5/c1-23-19-11-15(13-26)5-8-17(19)25(22(23)29)18-9-10-20(27)24(21(18)28)12-14-3-6-16(30-2)7-4-14/h3-8,11,13,18H,9-10,12H2,1-2H3/i1D3. The smallest absolute Gasteiger partial charge is 0.329 e. The molecule has 0 N–H and O–H groups in total. The van der Waals surface area contributed by atoms with Crippen LogP contribution < -0.4 is 10.4 Å². The number of likely N-dealkylation sites (tertiary alicyclic amines) is 1. The molecule has 154 valence electrons. The number of imide groups is 1. The van der Waals surface area contributed by atoms with Gasteiger partial charge in [0.05, 0.1) is 24.7 Å². The van der Waals surface area contributed by atoms with E-state index in [0.29, 0.717) is 22.2 Å². The number of carbonyl (C=O) groups excluding carboxylic acids is 3. The summed E-state index contributed by atoms with van der Waals surface area (Å²) in [6, 6.07) is 10.0. The molecule has 8 heteroatoms. The maximum absolute atomic E-state index is 13.4. The molecule has 1 aliphatic heterocycles. The van der Waals surface area contributed by atoms with Crippen LogP contribution in [0, 0.1) is 0 Å². The van der Waals surface area contributed by atoms with Gasteiger partial charge in [-0.05, 0) is 42.3 Å². The van der Waals surface area contributed by atoms with Gasteiger partial charge in [-0.2, -0.15) is 0 Å². The van der Waals surface area contributed by atoms with Gasteiger partial charge in [0.2, 0.25) is 5.91 Å². The van der Waals surface area contributed by atoms with Gasteiger partial charge in [-0.25, -0.2) is 4.79 Å². The van der Waals surface area contributed by atoms with Crippen molar-refractivity contribution in [2.45, 2.75) is 25.4 Å². The average Bonchev–Trinajstić information content (AvgIpc) is 3.08. The predicted octanol–water partition coefficient (Wildman–Crippen LogP) is 2.05. The van der Waals surface area contributed by atoms with E-state index in [2.05, 4.69) is 0 Å². The lowest BCUT2D eigenvalue weighted by molar-refractivity contribution is -0.151. The first-order valence-corrected chi connectivity index (χ1v) is 9.35. The molecule has 0 aliphatic carbocycles. The first-order chi connectivity index (χ1) is 15.7. The summed E-state index contributed by atoms with van der Waals surface area (Å²) in [5, 5.41) is 0. The Morgan fingerprint density at radius 1 is 1.13 bits per heavy atom. The summed E-state index contributed by atoms with van der Waals surface area (Å²) in [4.78, 5) is 51.4. The van der Waals surface area contributed by atoms with Crippen molar-refractivity contribution < 1.29 is 23.2 Å². The van der Waals surface area contributed by atoms with Crippen LogP contribution in [0.3, 0.4) is 0 Å². The number of carbonyl (C=O) groups is 3. The number of ether oxygens (including phenoxy) is 1. The van der Waals surface area contributed by atoms with Gasteiger partial charge in [-0.15, -0.1) is 0 Å². The van der Waals surface area contributed by atoms with Crippen LogP contribution in [0.15, 0.2) is 47.3 Å². The number of imidazole rings is 1. The Morgan fingerprint density at radius 3 is 2.57 bits per heavy atom. The zero-order valence-corrected chi connectivity index (χ0v) is 16.2. The average molecular weight is 410 g/mol. The molecule has 1 saturated heterocycles. The van der Waals surface area contributed by atoms with Crippen LogP contribution in [0.1, 0.15) is 38.9 Å². The Hall–Kier alpha value is -3.68. The largest absolute Gasteiger partial charge is 0.497 e. The highest BCUT2D eigenvalue weighted by atomic mass is 16.5. The van der Waals surface area contributed by atoms with E-state index in [4.69, 9.17) is 8.85 Å². The molecule has 30 heavy (non-hydrogen) atoms. The van der Waals surface area contributed by atoms with Crippen molar-refractivity contribution in [2.24, 2.45) is 6.98 Å². The lowest BCUT2D eigenvalue weighted by Gasteiger charge is -2.31. The molecule has 2 amide bonds. The third-order valence-corrected chi connectivity index (χ3v) is 5.33. The minimum Gasteiger partial charge on any atom is -0.497 e. The fraction of sp³-hybridized carbons (Fsp3) is 0.273. The van der Waals surface area contributed by atoms with Crippen LogP contribution >= 0.6 is 0 Å². The lowest BCUT2D eigenvalue weighted by Crippen LogP contribution is -2.47. The van der Waals surface area contributed by atoms with Gasteiger partial charge in [0.1, 0.15) is 18.1 Å². The molecule has 1 fully saturated rings. The van der Waals surface area contributed by atoms with E-state index in [-0.39, 0.29) is 41.9 Å². The molecule has 0 saturated carbocycles. The second-order valence-electron chi connectivity index (χ2n) is 7.07. The number of piperidine rings is 1. The van der Waals surface area contributed by atoms with E-state index < -0.39 is 24.6 Å². The molecule has 1 unspecified atom stereocenters. The zero-order chi connectivity index (χ0) is 23.9. The quantitative estimate of drug-likeness (QED) is 0.474. The molecule has 3 aromatic rings. The summed E-state index contributed by atoms with van der Waals surface area (Å²) < 4.78 is 30.2. The number of hydrogen-bond donors (Lipinski definition) is 0. The molecular weight excluding hydrogens is 386 g/mol. The Labute approximate surface area is 176 Å². The van der Waals surface area contributed by atoms with Crippen molar-refractivity contribution in [3.63, 3.8) is 0 Å². The number of fused-ring (bicyclic) bond motifs is 1. The molecule has 1 aliphatic rings. The summed E-state index contributed by atoms with van der Waals surface area (Å²) in [7, 11) is 1.53. The van der Waals surface area contributed by atoms with E-state index in [1.807, 2.05) is 0 Å². The van der Waals surface area contributed by atoms with E-state index in [1.54, 1.807) is 24.3 Å². The first-order valence-electron chi connectivity index (χ1n) is 10.9. The van der Waals surface area contributed by atoms with Gasteiger partial charge in [-0.3, -0.25) is 28.4 Å². The summed E-state index contributed by atoms with van der Waals surface area (Å²) in [5.41, 5.74) is 0.231. The van der Waals surface area contributed by atoms with Crippen molar-refractivity contribution in [2.75, 3.05) is 7.11 Å². The van der Waals surface area contributed by atoms with Crippen molar-refractivity contribution in [1.82, 2.24) is 14.0 Å². The van der Waals surface area contributed by atoms with Crippen molar-refractivity contribution in [1.29, 1.82) is 0 Å². The number of rotatable bonds is 5. The van der Waals surface area contributed by atoms with Gasteiger partial charge in [0.15, 0.2) is 0 Å². The molecule has 0 radical (unpaired) electrons. The Morgan fingerprint density at radius 2 is 1.90 bits per heavy atom. The summed E-state index contributed by atoms with van der Waals surface area (Å²) >= 11 is 0. The van der Waals surface area contributed by atoms with E-state index in [1.165, 1.54) is 25.3 Å². The number of benzene rings is 2. The minimum absolute atomic E-state index is 0.0140. The topological polar surface area (TPSA) is 90.6 Å². The van der Waals surface area contributed by atoms with E-state index in [9.17, 15) is 19.2 Å². The molecule has 1 aromatic heterocycles. The summed E-state index contributed by atoms with van der Waals surface area (Å²) in [6.45, 7) is -2.81. The third kappa shape index (κ3) is 3.20. The Balaban J connectivity index is 1.78. The van der Waals surface area contributed by atoms with Crippen molar-refractivity contribution in [3.8, 4) is 5.75 Å². The maximum atomic E-state index is 13.4. The molecule has 2 heterocycles. The fourth-order valence-electron chi connectivity index (χ4n) is 3.75. The molecule has 2 aromatic carbocycles. The molecule has 0 spiro atoms. The Bertz CT molecular complexity index is 1310. The molecule has 4 rings (SSSR count). The highest BCUT2D eigenvalue weighted by molar-refractivity contribution is 6.00. The number of nitrogens with zero attached hydrogens (tertiary/aromatic N) is 3. The van der Waals surface area contributed by atoms with E-state index in [0.717, 1.165) is 9.47 Å². The minimum atomic E-state index is -2.82. The van der Waals surface area contributed by atoms with Gasteiger partial charge in [-0.1, -0.05) is 12.1 Å². The summed E-state index contributed by atoms with van der Waals surface area (Å²) in [6.07, 6.45) is 0.629. The van der Waals surface area contributed by atoms with Crippen LogP contribution in [0.2, 0.25) is 0 Å². The van der Waals surface area contributed by atoms with Crippen LogP contribution in [0.4, 0.5) is 0 Å². The van der Waals surface area contributed by atoms with Crippen molar-refractivity contribution >= 4 is 29.1 Å². The molecule has 1 atom stereocenters. The lowest BCUT2D eigenvalue weighted by atomic mass is 10.0. The summed E-state index contributed by atoms with van der Waals surface area (Å²) in [5.74, 6) is -0.331. The highest BCUT2D eigenvalue weighted by Gasteiger charge is 2.37. The highest BCUT2D eigenvalue weighted by Crippen LogP contribution is 2.28. The zero-order valence-electron chi connectivity index (χ0n) is 19.2. The van der Waals surface area contributed by atoms with Gasteiger partial charge >= 0.3 is 5.69 Å². The first kappa shape index (κ1) is 16.2. The van der Waals surface area contributed by atoms with Crippen LogP contribution in [0.5, 0.6) is 5.75 Å². The molecule has 8 nitrogen and oxygen atoms in total. The third-order valence-electron chi connectivity index (χ3n) is 5.33. The maximum Gasteiger partial charge on any atom is 0.329 e. The van der Waals surface area contributed by atoms with E-state index >= 15 is 0 Å². The number of hydrogen-bond acceptors (Lipinski definition) is 5. The molecule has 0 bridgehead atoms. The van der Waals surface area contributed by atoms with Gasteiger partial charge in [0.25, 0.3) is 5.91 Å². The van der Waals surface area contributed by atoms with Crippen LogP contribution in [0.25, 0.3) is 11.0 Å². The number of aldehydes is 1. The fourth-order valence-corrected chi connectivity index (χ4v) is 3.75.